The average Bonchev–Trinajstić information content (AvgIpc) is 3.49. The first-order valence-electron chi connectivity index (χ1n) is 11.5. The molecule has 7 rings (SSSR count). The molecule has 0 fully saturated rings. The molecule has 172 valence electrons. The molecule has 0 atom stereocenters. The molecule has 0 unspecified atom stereocenters. The van der Waals surface area contributed by atoms with Crippen molar-refractivity contribution in [2.75, 3.05) is 11.7 Å². The molecular formula is C28H23N4O2P. The Morgan fingerprint density at radius 3 is 1.91 bits per heavy atom. The van der Waals surface area contributed by atoms with Gasteiger partial charge in [0.2, 0.25) is 0 Å². The normalized spacial score (nSPS) is 20.2. The molecule has 0 bridgehead atoms. The summed E-state index contributed by atoms with van der Waals surface area (Å²) in [5.41, 5.74) is 8.30. The Hall–Kier alpha value is -4.12. The van der Waals surface area contributed by atoms with Crippen molar-refractivity contribution in [1.29, 1.82) is 0 Å². The van der Waals surface area contributed by atoms with Crippen LogP contribution in [0, 0.1) is 0 Å². The van der Waals surface area contributed by atoms with Gasteiger partial charge in [-0.15, -0.1) is 0 Å². The van der Waals surface area contributed by atoms with E-state index in [1.165, 1.54) is 0 Å². The molecule has 0 radical (unpaired) electrons. The second-order valence-corrected chi connectivity index (χ2v) is 11.9. The number of benzene rings is 4. The SMILES string of the molecule is CN1NC(c2ccccc2)=NP123OC(c1ccccc1)=C(c1ccccc1)N2c1ccccc1O3. The van der Waals surface area contributed by atoms with Gasteiger partial charge in [0, 0.05) is 0 Å². The first-order chi connectivity index (χ1) is 17.2. The van der Waals surface area contributed by atoms with Crippen LogP contribution in [0.4, 0.5) is 5.69 Å². The van der Waals surface area contributed by atoms with Crippen LogP contribution in [0.3, 0.4) is 0 Å². The van der Waals surface area contributed by atoms with E-state index < -0.39 is 7.51 Å². The molecule has 0 aliphatic carbocycles. The van der Waals surface area contributed by atoms with E-state index in [0.29, 0.717) is 5.84 Å². The van der Waals surface area contributed by atoms with Crippen molar-refractivity contribution >= 4 is 30.5 Å². The van der Waals surface area contributed by atoms with Crippen LogP contribution in [-0.2, 0) is 4.52 Å². The Bertz CT molecular complexity index is 1510. The summed E-state index contributed by atoms with van der Waals surface area (Å²) >= 11 is 0. The van der Waals surface area contributed by atoms with Gasteiger partial charge >= 0.3 is 204 Å². The summed E-state index contributed by atoms with van der Waals surface area (Å²) in [7, 11) is -2.13. The van der Waals surface area contributed by atoms with Gasteiger partial charge in [0.1, 0.15) is 0 Å². The van der Waals surface area contributed by atoms with E-state index in [1.54, 1.807) is 0 Å². The minimum absolute atomic E-state index is 0.713. The Morgan fingerprint density at radius 1 is 0.657 bits per heavy atom. The number of rotatable bonds is 3. The van der Waals surface area contributed by atoms with Gasteiger partial charge in [-0.2, -0.15) is 0 Å². The van der Waals surface area contributed by atoms with E-state index in [9.17, 15) is 0 Å². The molecule has 0 aromatic heterocycles. The van der Waals surface area contributed by atoms with E-state index in [1.807, 2.05) is 96.8 Å². The molecule has 1 spiro atoms. The van der Waals surface area contributed by atoms with Gasteiger partial charge in [-0.3, -0.25) is 0 Å². The monoisotopic (exact) mass is 478 g/mol. The fraction of sp³-hybridized carbons (Fsp3) is 0.0357. The van der Waals surface area contributed by atoms with E-state index in [2.05, 4.69) is 40.4 Å². The molecule has 3 heterocycles. The van der Waals surface area contributed by atoms with Crippen LogP contribution >= 0.6 is 7.51 Å². The average molecular weight is 478 g/mol. The number of hydrogen-bond donors (Lipinski definition) is 1. The Morgan fingerprint density at radius 2 is 1.23 bits per heavy atom. The van der Waals surface area contributed by atoms with Gasteiger partial charge in [-0.25, -0.2) is 0 Å². The van der Waals surface area contributed by atoms with Gasteiger partial charge in [0.05, 0.1) is 0 Å². The van der Waals surface area contributed by atoms with E-state index in [4.69, 9.17) is 13.8 Å². The topological polar surface area (TPSA) is 49.3 Å². The summed E-state index contributed by atoms with van der Waals surface area (Å²) in [6.07, 6.45) is 0. The second-order valence-electron chi connectivity index (χ2n) is 8.65. The van der Waals surface area contributed by atoms with Gasteiger partial charge in [0.15, 0.2) is 0 Å². The third kappa shape index (κ3) is 2.69. The molecule has 0 saturated carbocycles. The van der Waals surface area contributed by atoms with Crippen LogP contribution in [0.2, 0.25) is 0 Å². The zero-order chi connectivity index (χ0) is 23.5. The van der Waals surface area contributed by atoms with E-state index >= 15 is 0 Å². The van der Waals surface area contributed by atoms with Crippen LogP contribution in [0.1, 0.15) is 16.7 Å². The number of nitrogens with zero attached hydrogens (tertiary/aromatic N) is 3. The van der Waals surface area contributed by atoms with Crippen LogP contribution < -0.4 is 14.6 Å². The predicted octanol–water partition coefficient (Wildman–Crippen LogP) is 6.47. The summed E-state index contributed by atoms with van der Waals surface area (Å²) in [5, 5.41) is 0. The van der Waals surface area contributed by atoms with E-state index in [-0.39, 0.29) is 0 Å². The second kappa shape index (κ2) is 7.19. The van der Waals surface area contributed by atoms with Crippen LogP contribution in [0.25, 0.3) is 11.5 Å². The standard InChI is InChI=1S/C28H23N4O2P/c1-31-29-28(23-17-9-4-10-18-23)30-35(31)32(24-19-11-12-20-25(24)33-35)26(21-13-5-2-6-14-21)27(34-35)22-15-7-3-8-16-22/h2-20H,1H3,(H,29,30). The summed E-state index contributed by atoms with van der Waals surface area (Å²) in [5.74, 6) is 2.21. The molecule has 35 heavy (non-hydrogen) atoms. The zero-order valence-corrected chi connectivity index (χ0v) is 20.0. The van der Waals surface area contributed by atoms with Crippen molar-refractivity contribution < 1.29 is 9.05 Å². The van der Waals surface area contributed by atoms with Gasteiger partial charge in [-0.05, 0) is 0 Å². The van der Waals surface area contributed by atoms with Gasteiger partial charge in [-0.1, -0.05) is 0 Å². The Labute approximate surface area is 204 Å². The molecule has 3 aliphatic heterocycles. The van der Waals surface area contributed by atoms with Crippen LogP contribution in [0.5, 0.6) is 5.75 Å². The Balaban J connectivity index is 1.55. The third-order valence-corrected chi connectivity index (χ3v) is 10.3. The summed E-state index contributed by atoms with van der Waals surface area (Å²) in [4.78, 5) is 0. The van der Waals surface area contributed by atoms with Crippen LogP contribution in [0.15, 0.2) is 120 Å². The zero-order valence-electron chi connectivity index (χ0n) is 19.1. The van der Waals surface area contributed by atoms with Crippen LogP contribution in [-0.4, -0.2) is 17.7 Å². The third-order valence-electron chi connectivity index (χ3n) is 6.55. The molecule has 4 aromatic carbocycles. The summed E-state index contributed by atoms with van der Waals surface area (Å²) < 4.78 is 23.5. The number of para-hydroxylation sites is 2. The maximum atomic E-state index is 7.11. The predicted molar refractivity (Wildman–Crippen MR) is 141 cm³/mol. The van der Waals surface area contributed by atoms with Gasteiger partial charge < -0.3 is 0 Å². The maximum absolute atomic E-state index is 7.11. The molecule has 7 heteroatoms. The number of amidine groups is 1. The number of hydrogen-bond acceptors (Lipinski definition) is 6. The van der Waals surface area contributed by atoms with Crippen molar-refractivity contribution in [1.82, 2.24) is 10.2 Å². The molecule has 1 N–H and O–H groups in total. The van der Waals surface area contributed by atoms with Crippen molar-refractivity contribution in [2.45, 2.75) is 0 Å². The van der Waals surface area contributed by atoms with Crippen molar-refractivity contribution in [3.63, 3.8) is 0 Å². The number of anilines is 1. The minimum atomic E-state index is -4.08. The molecule has 3 aliphatic rings. The molecular weight excluding hydrogens is 455 g/mol. The number of fused-ring (bicyclic) bond motifs is 2. The summed E-state index contributed by atoms with van der Waals surface area (Å²) in [6.45, 7) is 0. The molecule has 0 saturated heterocycles. The molecule has 6 nitrogen and oxygen atoms in total. The van der Waals surface area contributed by atoms with E-state index in [0.717, 1.165) is 39.6 Å². The van der Waals surface area contributed by atoms with Crippen molar-refractivity contribution in [3.05, 3.63) is 132 Å². The first kappa shape index (κ1) is 20.3. The molecule has 0 amide bonds. The number of nitrogens with one attached hydrogen (secondary N) is 1. The van der Waals surface area contributed by atoms with Crippen molar-refractivity contribution in [2.24, 2.45) is 4.76 Å². The molecule has 4 aromatic rings. The quantitative estimate of drug-likeness (QED) is 0.342. The van der Waals surface area contributed by atoms with Crippen molar-refractivity contribution in [3.8, 4) is 5.75 Å². The Kier molecular flexibility index (Phi) is 4.16. The summed E-state index contributed by atoms with van der Waals surface area (Å²) in [6, 6.07) is 38.6. The first-order valence-corrected chi connectivity index (χ1v) is 13.5. The van der Waals surface area contributed by atoms with Gasteiger partial charge in [0.25, 0.3) is 0 Å². The fourth-order valence-electron chi connectivity index (χ4n) is 4.94. The number of hydrazine groups is 1. The fourth-order valence-corrected chi connectivity index (χ4v) is 8.82.